The molecule has 0 saturated carbocycles. The maximum absolute atomic E-state index is 12.9. The molecule has 0 aromatic heterocycles. The van der Waals surface area contributed by atoms with E-state index in [4.69, 9.17) is 11.6 Å². The summed E-state index contributed by atoms with van der Waals surface area (Å²) in [5.74, 6) is -0.273. The van der Waals surface area contributed by atoms with E-state index in [9.17, 15) is 4.39 Å². The first-order chi connectivity index (χ1) is 8.19. The van der Waals surface area contributed by atoms with Crippen molar-refractivity contribution in [3.8, 4) is 0 Å². The van der Waals surface area contributed by atoms with Crippen molar-refractivity contribution in [1.82, 2.24) is 10.2 Å². The quantitative estimate of drug-likeness (QED) is 0.921. The van der Waals surface area contributed by atoms with Crippen LogP contribution in [-0.2, 0) is 6.54 Å². The smallest absolute Gasteiger partial charge is 0.124 e. The van der Waals surface area contributed by atoms with E-state index in [-0.39, 0.29) is 18.2 Å². The Hall–Kier alpha value is -0.350. The molecule has 1 aliphatic heterocycles. The van der Waals surface area contributed by atoms with Gasteiger partial charge in [0.25, 0.3) is 0 Å². The third-order valence-electron chi connectivity index (χ3n) is 3.32. The number of halogens is 3. The van der Waals surface area contributed by atoms with E-state index in [0.29, 0.717) is 11.1 Å². The highest BCUT2D eigenvalue weighted by atomic mass is 35.5. The number of nitrogens with zero attached hydrogens (tertiary/aromatic N) is 1. The van der Waals surface area contributed by atoms with Crippen molar-refractivity contribution in [2.45, 2.75) is 25.4 Å². The maximum Gasteiger partial charge on any atom is 0.124 e. The van der Waals surface area contributed by atoms with Crippen molar-refractivity contribution in [1.29, 1.82) is 0 Å². The van der Waals surface area contributed by atoms with Crippen LogP contribution in [0.2, 0.25) is 5.02 Å². The molecule has 0 radical (unpaired) electrons. The van der Waals surface area contributed by atoms with Crippen LogP contribution in [0.1, 0.15) is 18.4 Å². The Morgan fingerprint density at radius 2 is 2.28 bits per heavy atom. The van der Waals surface area contributed by atoms with Crippen molar-refractivity contribution < 1.29 is 4.39 Å². The summed E-state index contributed by atoms with van der Waals surface area (Å²) in [7, 11) is 2.00. The van der Waals surface area contributed by atoms with Crippen molar-refractivity contribution in [3.05, 3.63) is 34.6 Å². The summed E-state index contributed by atoms with van der Waals surface area (Å²) in [4.78, 5) is 2.36. The molecule has 1 unspecified atom stereocenters. The Morgan fingerprint density at radius 3 is 2.94 bits per heavy atom. The molecule has 1 aromatic carbocycles. The van der Waals surface area contributed by atoms with Crippen LogP contribution in [0.4, 0.5) is 4.39 Å². The van der Waals surface area contributed by atoms with Crippen LogP contribution in [0, 0.1) is 5.82 Å². The van der Waals surface area contributed by atoms with Gasteiger partial charge in [-0.3, -0.25) is 4.90 Å². The summed E-state index contributed by atoms with van der Waals surface area (Å²) in [6.45, 7) is 2.92. The summed E-state index contributed by atoms with van der Waals surface area (Å²) in [5.41, 5.74) is 1.00. The van der Waals surface area contributed by atoms with Gasteiger partial charge in [0.2, 0.25) is 0 Å². The van der Waals surface area contributed by atoms with Crippen molar-refractivity contribution in [2.75, 3.05) is 20.1 Å². The molecule has 1 heterocycles. The molecule has 5 heteroatoms. The lowest BCUT2D eigenvalue weighted by Gasteiger charge is -2.32. The first kappa shape index (κ1) is 15.7. The van der Waals surface area contributed by atoms with Crippen LogP contribution in [0.25, 0.3) is 0 Å². The number of benzene rings is 1. The predicted molar refractivity (Wildman–Crippen MR) is 76.0 cm³/mol. The van der Waals surface area contributed by atoms with E-state index in [1.54, 1.807) is 6.07 Å². The number of rotatable bonds is 3. The third kappa shape index (κ3) is 4.09. The molecule has 0 amide bonds. The van der Waals surface area contributed by atoms with Gasteiger partial charge in [-0.15, -0.1) is 12.4 Å². The molecule has 102 valence electrons. The van der Waals surface area contributed by atoms with Gasteiger partial charge in [-0.05, 0) is 44.1 Å². The van der Waals surface area contributed by atoms with Crippen LogP contribution in [0.3, 0.4) is 0 Å². The van der Waals surface area contributed by atoms with Gasteiger partial charge in [0, 0.05) is 24.2 Å². The van der Waals surface area contributed by atoms with Gasteiger partial charge in [0.1, 0.15) is 5.82 Å². The van der Waals surface area contributed by atoms with Gasteiger partial charge >= 0.3 is 0 Å². The molecule has 1 atom stereocenters. The maximum atomic E-state index is 12.9. The van der Waals surface area contributed by atoms with E-state index in [2.05, 4.69) is 10.2 Å². The highest BCUT2D eigenvalue weighted by molar-refractivity contribution is 6.31. The highest BCUT2D eigenvalue weighted by Crippen LogP contribution is 2.21. The zero-order valence-electron chi connectivity index (χ0n) is 10.5. The lowest BCUT2D eigenvalue weighted by Crippen LogP contribution is -2.43. The minimum absolute atomic E-state index is 0. The summed E-state index contributed by atoms with van der Waals surface area (Å²) >= 11 is 6.04. The molecular formula is C13H19Cl2FN2. The topological polar surface area (TPSA) is 15.3 Å². The molecule has 0 bridgehead atoms. The lowest BCUT2D eigenvalue weighted by molar-refractivity contribution is 0.188. The van der Waals surface area contributed by atoms with Gasteiger partial charge < -0.3 is 5.32 Å². The zero-order valence-corrected chi connectivity index (χ0v) is 12.0. The summed E-state index contributed by atoms with van der Waals surface area (Å²) in [5, 5.41) is 3.83. The minimum atomic E-state index is -0.273. The largest absolute Gasteiger partial charge is 0.316 e. The first-order valence-electron chi connectivity index (χ1n) is 6.02. The first-order valence-corrected chi connectivity index (χ1v) is 6.40. The van der Waals surface area contributed by atoms with Crippen LogP contribution in [0.5, 0.6) is 0 Å². The second kappa shape index (κ2) is 7.29. The normalized spacial score (nSPS) is 20.5. The molecule has 2 nitrogen and oxygen atoms in total. The summed E-state index contributed by atoms with van der Waals surface area (Å²) in [6, 6.07) is 5.19. The average Bonchev–Trinajstić information content (AvgIpc) is 2.33. The molecule has 18 heavy (non-hydrogen) atoms. The fourth-order valence-corrected chi connectivity index (χ4v) is 2.55. The monoisotopic (exact) mass is 292 g/mol. The Kier molecular flexibility index (Phi) is 6.36. The fraction of sp³-hybridized carbons (Fsp3) is 0.538. The van der Waals surface area contributed by atoms with Gasteiger partial charge in [-0.1, -0.05) is 17.7 Å². The van der Waals surface area contributed by atoms with Gasteiger partial charge in [-0.2, -0.15) is 0 Å². The molecular weight excluding hydrogens is 274 g/mol. The predicted octanol–water partition coefficient (Wildman–Crippen LogP) is 3.08. The van der Waals surface area contributed by atoms with Gasteiger partial charge in [0.05, 0.1) is 0 Å². The number of nitrogens with one attached hydrogen (secondary N) is 1. The van der Waals surface area contributed by atoms with E-state index in [1.807, 2.05) is 7.05 Å². The van der Waals surface area contributed by atoms with Crippen LogP contribution >= 0.6 is 24.0 Å². The molecule has 0 aliphatic carbocycles. The second-order valence-corrected chi connectivity index (χ2v) is 5.01. The third-order valence-corrected chi connectivity index (χ3v) is 3.67. The Bertz CT molecular complexity index is 387. The molecule has 1 aromatic rings. The highest BCUT2D eigenvalue weighted by Gasteiger charge is 2.19. The average molecular weight is 293 g/mol. The molecule has 1 saturated heterocycles. The lowest BCUT2D eigenvalue weighted by atomic mass is 10.1. The van der Waals surface area contributed by atoms with Gasteiger partial charge in [-0.25, -0.2) is 4.39 Å². The van der Waals surface area contributed by atoms with E-state index in [1.165, 1.54) is 25.0 Å². The second-order valence-electron chi connectivity index (χ2n) is 4.60. The van der Waals surface area contributed by atoms with E-state index >= 15 is 0 Å². The van der Waals surface area contributed by atoms with Crippen LogP contribution < -0.4 is 5.32 Å². The number of piperidine rings is 1. The fourth-order valence-electron chi connectivity index (χ4n) is 2.33. The number of hydrogen-bond donors (Lipinski definition) is 1. The van der Waals surface area contributed by atoms with E-state index in [0.717, 1.165) is 25.2 Å². The minimum Gasteiger partial charge on any atom is -0.316 e. The molecule has 0 spiro atoms. The number of likely N-dealkylation sites (tertiary alicyclic amines) is 1. The van der Waals surface area contributed by atoms with Crippen molar-refractivity contribution in [3.63, 3.8) is 0 Å². The molecule has 1 fully saturated rings. The zero-order chi connectivity index (χ0) is 12.3. The van der Waals surface area contributed by atoms with Crippen molar-refractivity contribution in [2.24, 2.45) is 0 Å². The van der Waals surface area contributed by atoms with Gasteiger partial charge in [0.15, 0.2) is 0 Å². The standard InChI is InChI=1S/C13H18ClFN2.ClH/c1-16-12-3-2-6-17(9-12)8-10-4-5-11(15)7-13(10)14;/h4-5,7,12,16H,2-3,6,8-9H2,1H3;1H. The Labute approximate surface area is 119 Å². The molecule has 2 rings (SSSR count). The Morgan fingerprint density at radius 1 is 1.50 bits per heavy atom. The van der Waals surface area contributed by atoms with E-state index < -0.39 is 0 Å². The molecule has 1 aliphatic rings. The van der Waals surface area contributed by atoms with Crippen LogP contribution in [0.15, 0.2) is 18.2 Å². The summed E-state index contributed by atoms with van der Waals surface area (Å²) in [6.07, 6.45) is 2.43. The number of likely N-dealkylation sites (N-methyl/N-ethyl adjacent to an activating group) is 1. The number of hydrogen-bond acceptors (Lipinski definition) is 2. The van der Waals surface area contributed by atoms with Crippen molar-refractivity contribution >= 4 is 24.0 Å². The summed E-state index contributed by atoms with van der Waals surface area (Å²) < 4.78 is 12.9. The molecule has 1 N–H and O–H groups in total. The Balaban J connectivity index is 0.00000162. The van der Waals surface area contributed by atoms with Crippen LogP contribution in [-0.4, -0.2) is 31.1 Å². The SMILES string of the molecule is CNC1CCCN(Cc2ccc(F)cc2Cl)C1.Cl.